The van der Waals surface area contributed by atoms with Crippen molar-refractivity contribution in [3.05, 3.63) is 24.0 Å². The van der Waals surface area contributed by atoms with E-state index < -0.39 is 0 Å². The third kappa shape index (κ3) is 1.78. The van der Waals surface area contributed by atoms with Crippen LogP contribution in [0.3, 0.4) is 0 Å². The lowest BCUT2D eigenvalue weighted by Crippen LogP contribution is -2.55. The van der Waals surface area contributed by atoms with Crippen LogP contribution in [0, 0.1) is 0 Å². The molecule has 0 aromatic carbocycles. The highest BCUT2D eigenvalue weighted by Crippen LogP contribution is 2.26. The maximum atomic E-state index is 11.1. The van der Waals surface area contributed by atoms with Gasteiger partial charge in [0.25, 0.3) is 0 Å². The summed E-state index contributed by atoms with van der Waals surface area (Å²) in [4.78, 5) is 17.1. The summed E-state index contributed by atoms with van der Waals surface area (Å²) < 4.78 is 0. The molecule has 0 spiro atoms. The first kappa shape index (κ1) is 9.92. The van der Waals surface area contributed by atoms with Crippen molar-refractivity contribution in [3.63, 3.8) is 0 Å². The molecule has 0 bridgehead atoms. The molecule has 1 aromatic heterocycles. The number of amides is 1. The Balaban J connectivity index is 2.19. The van der Waals surface area contributed by atoms with Gasteiger partial charge in [-0.25, -0.2) is 0 Å². The zero-order valence-electron chi connectivity index (χ0n) is 8.39. The van der Waals surface area contributed by atoms with Crippen LogP contribution in [-0.2, 0) is 11.3 Å². The number of pyridine rings is 1. The predicted molar refractivity (Wildman–Crippen MR) is 57.1 cm³/mol. The molecule has 1 aliphatic rings. The van der Waals surface area contributed by atoms with E-state index in [2.05, 4.69) is 4.98 Å². The molecule has 5 heteroatoms. The molecule has 0 radical (unpaired) electrons. The minimum atomic E-state index is -0.271. The second-order valence-corrected chi connectivity index (χ2v) is 3.61. The Hall–Kier alpha value is -1.62. The number of rotatable bonds is 3. The maximum Gasteiger partial charge on any atom is 0.240 e. The van der Waals surface area contributed by atoms with Crippen molar-refractivity contribution in [1.29, 1.82) is 0 Å². The number of nitrogens with two attached hydrogens (primary N) is 2. The zero-order valence-corrected chi connectivity index (χ0v) is 8.39. The Labute approximate surface area is 88.1 Å². The first-order valence-corrected chi connectivity index (χ1v) is 4.93. The lowest BCUT2D eigenvalue weighted by atomic mass is 10.0. The van der Waals surface area contributed by atoms with Crippen LogP contribution < -0.4 is 16.4 Å². The predicted octanol–water partition coefficient (Wildman–Crippen LogP) is -0.396. The van der Waals surface area contributed by atoms with Gasteiger partial charge in [-0.15, -0.1) is 0 Å². The molecule has 1 aromatic rings. The summed E-state index contributed by atoms with van der Waals surface area (Å²) in [7, 11) is 0. The van der Waals surface area contributed by atoms with Crippen molar-refractivity contribution in [2.24, 2.45) is 11.5 Å². The van der Waals surface area contributed by atoms with E-state index in [1.807, 2.05) is 17.0 Å². The van der Waals surface area contributed by atoms with Crippen LogP contribution in [0.5, 0.6) is 0 Å². The molecule has 1 amide bonds. The van der Waals surface area contributed by atoms with Gasteiger partial charge >= 0.3 is 0 Å². The highest BCUT2D eigenvalue weighted by atomic mass is 16.1. The summed E-state index contributed by atoms with van der Waals surface area (Å²) in [5.41, 5.74) is 12.6. The Kier molecular flexibility index (Phi) is 2.55. The van der Waals surface area contributed by atoms with E-state index in [9.17, 15) is 4.79 Å². The first-order chi connectivity index (χ1) is 7.22. The fourth-order valence-corrected chi connectivity index (χ4v) is 1.75. The smallest absolute Gasteiger partial charge is 0.240 e. The van der Waals surface area contributed by atoms with Crippen molar-refractivity contribution in [2.75, 3.05) is 11.4 Å². The van der Waals surface area contributed by atoms with Gasteiger partial charge in [0.05, 0.1) is 5.69 Å². The van der Waals surface area contributed by atoms with Crippen molar-refractivity contribution >= 4 is 11.6 Å². The van der Waals surface area contributed by atoms with Crippen molar-refractivity contribution in [2.45, 2.75) is 19.0 Å². The lowest BCUT2D eigenvalue weighted by Gasteiger charge is -2.40. The van der Waals surface area contributed by atoms with Gasteiger partial charge in [-0.05, 0) is 18.6 Å². The first-order valence-electron chi connectivity index (χ1n) is 4.93. The standard InChI is InChI=1S/C10H14N4O/c11-6-7-5-8(1-3-13-7)14-4-2-9(14)10(12)15/h1,3,5,9H,2,4,6,11H2,(H2,12,15). The second-order valence-electron chi connectivity index (χ2n) is 3.61. The molecule has 1 aliphatic heterocycles. The van der Waals surface area contributed by atoms with Gasteiger partial charge in [0.2, 0.25) is 5.91 Å². The van der Waals surface area contributed by atoms with E-state index in [1.165, 1.54) is 0 Å². The number of hydrogen-bond donors (Lipinski definition) is 2. The summed E-state index contributed by atoms with van der Waals surface area (Å²) in [6.45, 7) is 1.27. The Morgan fingerprint density at radius 3 is 3.00 bits per heavy atom. The highest BCUT2D eigenvalue weighted by molar-refractivity contribution is 5.85. The second kappa shape index (κ2) is 3.86. The van der Waals surface area contributed by atoms with Gasteiger partial charge in [0.1, 0.15) is 6.04 Å². The number of aromatic nitrogens is 1. The third-order valence-electron chi connectivity index (χ3n) is 2.69. The van der Waals surface area contributed by atoms with E-state index in [0.29, 0.717) is 6.54 Å². The van der Waals surface area contributed by atoms with Gasteiger partial charge in [0.15, 0.2) is 0 Å². The highest BCUT2D eigenvalue weighted by Gasteiger charge is 2.32. The lowest BCUT2D eigenvalue weighted by molar-refractivity contribution is -0.120. The van der Waals surface area contributed by atoms with Gasteiger partial charge in [0, 0.05) is 25.0 Å². The molecule has 1 unspecified atom stereocenters. The molecular weight excluding hydrogens is 192 g/mol. The zero-order chi connectivity index (χ0) is 10.8. The molecule has 4 N–H and O–H groups in total. The van der Waals surface area contributed by atoms with Crippen molar-refractivity contribution < 1.29 is 4.79 Å². The van der Waals surface area contributed by atoms with Crippen LogP contribution in [0.1, 0.15) is 12.1 Å². The van der Waals surface area contributed by atoms with Gasteiger partial charge in [-0.2, -0.15) is 0 Å². The Morgan fingerprint density at radius 2 is 2.47 bits per heavy atom. The van der Waals surface area contributed by atoms with Gasteiger partial charge in [-0.3, -0.25) is 9.78 Å². The topological polar surface area (TPSA) is 85.2 Å². The van der Waals surface area contributed by atoms with E-state index in [1.54, 1.807) is 6.20 Å². The quantitative estimate of drug-likeness (QED) is 0.705. The Bertz CT molecular complexity index is 379. The molecule has 1 saturated heterocycles. The average molecular weight is 206 g/mol. The summed E-state index contributed by atoms with van der Waals surface area (Å²) in [5, 5.41) is 0. The molecule has 80 valence electrons. The van der Waals surface area contributed by atoms with E-state index in [4.69, 9.17) is 11.5 Å². The van der Waals surface area contributed by atoms with Crippen LogP contribution in [0.4, 0.5) is 5.69 Å². The molecule has 15 heavy (non-hydrogen) atoms. The normalized spacial score (nSPS) is 19.8. The molecule has 1 fully saturated rings. The molecule has 1 atom stereocenters. The van der Waals surface area contributed by atoms with Gasteiger partial charge in [-0.1, -0.05) is 0 Å². The van der Waals surface area contributed by atoms with Crippen molar-refractivity contribution in [3.8, 4) is 0 Å². The van der Waals surface area contributed by atoms with Crippen LogP contribution in [-0.4, -0.2) is 23.5 Å². The molecule has 2 rings (SSSR count). The largest absolute Gasteiger partial charge is 0.368 e. The number of carbonyl (C=O) groups is 1. The number of nitrogens with zero attached hydrogens (tertiary/aromatic N) is 2. The van der Waals surface area contributed by atoms with Gasteiger partial charge < -0.3 is 16.4 Å². The third-order valence-corrected chi connectivity index (χ3v) is 2.69. The number of carbonyl (C=O) groups excluding carboxylic acids is 1. The summed E-state index contributed by atoms with van der Waals surface area (Å²) >= 11 is 0. The molecule has 0 aliphatic carbocycles. The van der Waals surface area contributed by atoms with Crippen LogP contribution >= 0.6 is 0 Å². The number of anilines is 1. The van der Waals surface area contributed by atoms with E-state index in [0.717, 1.165) is 24.3 Å². The maximum absolute atomic E-state index is 11.1. The average Bonchev–Trinajstić information content (AvgIpc) is 2.15. The van der Waals surface area contributed by atoms with Crippen LogP contribution in [0.15, 0.2) is 18.3 Å². The molecule has 2 heterocycles. The minimum absolute atomic E-state index is 0.168. The van der Waals surface area contributed by atoms with E-state index in [-0.39, 0.29) is 11.9 Å². The SMILES string of the molecule is NCc1cc(N2CCC2C(N)=O)ccn1. The molecule has 0 saturated carbocycles. The van der Waals surface area contributed by atoms with Crippen LogP contribution in [0.25, 0.3) is 0 Å². The fourth-order valence-electron chi connectivity index (χ4n) is 1.75. The summed E-state index contributed by atoms with van der Waals surface area (Å²) in [5.74, 6) is -0.271. The summed E-state index contributed by atoms with van der Waals surface area (Å²) in [6.07, 6.45) is 2.53. The molecule has 5 nitrogen and oxygen atoms in total. The number of hydrogen-bond acceptors (Lipinski definition) is 4. The number of primary amides is 1. The van der Waals surface area contributed by atoms with Crippen molar-refractivity contribution in [1.82, 2.24) is 4.98 Å². The summed E-state index contributed by atoms with van der Waals surface area (Å²) in [6, 6.07) is 3.60. The Morgan fingerprint density at radius 1 is 1.67 bits per heavy atom. The monoisotopic (exact) mass is 206 g/mol. The fraction of sp³-hybridized carbons (Fsp3) is 0.400. The van der Waals surface area contributed by atoms with E-state index >= 15 is 0 Å². The molecular formula is C10H14N4O. The minimum Gasteiger partial charge on any atom is -0.368 e. The van der Waals surface area contributed by atoms with Crippen LogP contribution in [0.2, 0.25) is 0 Å².